The average molecular weight is 324 g/mol. The molecule has 1 saturated heterocycles. The lowest BCUT2D eigenvalue weighted by Gasteiger charge is -2.30. The van der Waals surface area contributed by atoms with E-state index in [9.17, 15) is 4.79 Å². The van der Waals surface area contributed by atoms with E-state index >= 15 is 0 Å². The molecule has 1 fully saturated rings. The smallest absolute Gasteiger partial charge is 0.254 e. The Hall–Kier alpha value is -2.43. The third-order valence-corrected chi connectivity index (χ3v) is 4.41. The summed E-state index contributed by atoms with van der Waals surface area (Å²) in [7, 11) is 0. The van der Waals surface area contributed by atoms with Gasteiger partial charge in [0.25, 0.3) is 5.91 Å². The molecular weight excluding hydrogens is 300 g/mol. The predicted molar refractivity (Wildman–Crippen MR) is 95.0 cm³/mol. The van der Waals surface area contributed by atoms with Crippen LogP contribution >= 0.6 is 0 Å². The van der Waals surface area contributed by atoms with Crippen molar-refractivity contribution in [3.05, 3.63) is 53.3 Å². The van der Waals surface area contributed by atoms with Crippen molar-refractivity contribution in [1.82, 2.24) is 15.3 Å². The average Bonchev–Trinajstić information content (AvgIpc) is 2.61. The molecule has 0 spiro atoms. The summed E-state index contributed by atoms with van der Waals surface area (Å²) in [5.74, 6) is 1.24. The third-order valence-electron chi connectivity index (χ3n) is 4.41. The maximum absolute atomic E-state index is 12.2. The highest BCUT2D eigenvalue weighted by molar-refractivity contribution is 5.93. The second kappa shape index (κ2) is 7.43. The lowest BCUT2D eigenvalue weighted by molar-refractivity contribution is 0.0950. The topological polar surface area (TPSA) is 58.1 Å². The van der Waals surface area contributed by atoms with Gasteiger partial charge < -0.3 is 10.2 Å². The summed E-state index contributed by atoms with van der Waals surface area (Å²) >= 11 is 0. The first kappa shape index (κ1) is 16.4. The maximum Gasteiger partial charge on any atom is 0.254 e. The van der Waals surface area contributed by atoms with Crippen molar-refractivity contribution in [3.63, 3.8) is 0 Å². The van der Waals surface area contributed by atoms with Crippen molar-refractivity contribution in [2.24, 2.45) is 5.92 Å². The first-order valence-corrected chi connectivity index (χ1v) is 8.52. The molecule has 3 rings (SSSR count). The van der Waals surface area contributed by atoms with E-state index in [-0.39, 0.29) is 5.91 Å². The quantitative estimate of drug-likeness (QED) is 0.939. The van der Waals surface area contributed by atoms with Crippen LogP contribution in [0.2, 0.25) is 0 Å². The second-order valence-electron chi connectivity index (χ2n) is 6.63. The minimum Gasteiger partial charge on any atom is -0.348 e. The van der Waals surface area contributed by atoms with Crippen LogP contribution in [-0.4, -0.2) is 29.0 Å². The van der Waals surface area contributed by atoms with E-state index in [0.717, 1.165) is 24.6 Å². The zero-order chi connectivity index (χ0) is 16.9. The number of carbonyl (C=O) groups excluding carboxylic acids is 1. The molecule has 1 aromatic carbocycles. The van der Waals surface area contributed by atoms with Crippen molar-refractivity contribution >= 4 is 11.9 Å². The number of hydrogen-bond donors (Lipinski definition) is 1. The summed E-state index contributed by atoms with van der Waals surface area (Å²) in [4.78, 5) is 23.2. The number of nitrogens with zero attached hydrogens (tertiary/aromatic N) is 3. The van der Waals surface area contributed by atoms with Gasteiger partial charge in [-0.2, -0.15) is 0 Å². The van der Waals surface area contributed by atoms with E-state index in [2.05, 4.69) is 27.1 Å². The lowest BCUT2D eigenvalue weighted by Crippen LogP contribution is -2.35. The molecule has 1 aliphatic heterocycles. The molecule has 1 aliphatic rings. The molecule has 1 amide bonds. The highest BCUT2D eigenvalue weighted by atomic mass is 16.1. The largest absolute Gasteiger partial charge is 0.348 e. The SMILES string of the molecule is Cc1ccc(CNC(=O)c2cnc(N3CCCC(C)C3)nc2)cc1. The van der Waals surface area contributed by atoms with Crippen molar-refractivity contribution in [2.45, 2.75) is 33.2 Å². The second-order valence-corrected chi connectivity index (χ2v) is 6.63. The van der Waals surface area contributed by atoms with E-state index in [1.54, 1.807) is 12.4 Å². The van der Waals surface area contributed by atoms with Crippen molar-refractivity contribution < 1.29 is 4.79 Å². The molecule has 0 radical (unpaired) electrons. The summed E-state index contributed by atoms with van der Waals surface area (Å²) in [6.45, 7) is 6.77. The van der Waals surface area contributed by atoms with Crippen LogP contribution in [0.3, 0.4) is 0 Å². The molecular formula is C19H24N4O. The monoisotopic (exact) mass is 324 g/mol. The van der Waals surface area contributed by atoms with Gasteiger partial charge in [-0.25, -0.2) is 9.97 Å². The Morgan fingerprint density at radius 3 is 2.62 bits per heavy atom. The fourth-order valence-electron chi connectivity index (χ4n) is 2.96. The van der Waals surface area contributed by atoms with Gasteiger partial charge in [0.2, 0.25) is 5.95 Å². The van der Waals surface area contributed by atoms with Gasteiger partial charge in [0.15, 0.2) is 0 Å². The number of piperidine rings is 1. The van der Waals surface area contributed by atoms with Gasteiger partial charge in [-0.1, -0.05) is 36.8 Å². The van der Waals surface area contributed by atoms with Crippen LogP contribution in [0.25, 0.3) is 0 Å². The Balaban J connectivity index is 1.58. The molecule has 1 N–H and O–H groups in total. The number of rotatable bonds is 4. The summed E-state index contributed by atoms with van der Waals surface area (Å²) in [5.41, 5.74) is 2.78. The zero-order valence-electron chi connectivity index (χ0n) is 14.3. The van der Waals surface area contributed by atoms with Crippen LogP contribution in [0.15, 0.2) is 36.7 Å². The standard InChI is InChI=1S/C19H24N4O/c1-14-5-7-16(8-6-14)10-20-18(24)17-11-21-19(22-12-17)23-9-3-4-15(2)13-23/h5-8,11-12,15H,3-4,9-10,13H2,1-2H3,(H,20,24). The minimum absolute atomic E-state index is 0.144. The van der Waals surface area contributed by atoms with Crippen LogP contribution in [0.5, 0.6) is 0 Å². The molecule has 5 nitrogen and oxygen atoms in total. The zero-order valence-corrected chi connectivity index (χ0v) is 14.3. The fraction of sp³-hybridized carbons (Fsp3) is 0.421. The Morgan fingerprint density at radius 2 is 1.96 bits per heavy atom. The molecule has 1 aromatic heterocycles. The van der Waals surface area contributed by atoms with E-state index in [1.807, 2.05) is 31.2 Å². The summed E-state index contributed by atoms with van der Waals surface area (Å²) in [6.07, 6.45) is 5.66. The van der Waals surface area contributed by atoms with Crippen molar-refractivity contribution in [2.75, 3.05) is 18.0 Å². The molecule has 5 heteroatoms. The van der Waals surface area contributed by atoms with Gasteiger partial charge in [0, 0.05) is 32.0 Å². The van der Waals surface area contributed by atoms with Crippen LogP contribution in [0, 0.1) is 12.8 Å². The number of hydrogen-bond acceptors (Lipinski definition) is 4. The molecule has 2 heterocycles. The van der Waals surface area contributed by atoms with Gasteiger partial charge >= 0.3 is 0 Å². The first-order chi connectivity index (χ1) is 11.6. The Morgan fingerprint density at radius 1 is 1.25 bits per heavy atom. The number of aryl methyl sites for hydroxylation is 1. The number of anilines is 1. The van der Waals surface area contributed by atoms with Gasteiger partial charge in [0.1, 0.15) is 0 Å². The summed E-state index contributed by atoms with van der Waals surface area (Å²) in [5, 5.41) is 2.91. The third kappa shape index (κ3) is 4.10. The van der Waals surface area contributed by atoms with Gasteiger partial charge in [0.05, 0.1) is 5.56 Å². The van der Waals surface area contributed by atoms with E-state index in [4.69, 9.17) is 0 Å². The van der Waals surface area contributed by atoms with Crippen LogP contribution in [-0.2, 0) is 6.54 Å². The van der Waals surface area contributed by atoms with Gasteiger partial charge in [-0.05, 0) is 31.2 Å². The number of amides is 1. The maximum atomic E-state index is 12.2. The molecule has 126 valence electrons. The van der Waals surface area contributed by atoms with Crippen molar-refractivity contribution in [1.29, 1.82) is 0 Å². The molecule has 0 saturated carbocycles. The van der Waals surface area contributed by atoms with E-state index in [1.165, 1.54) is 18.4 Å². The fourth-order valence-corrected chi connectivity index (χ4v) is 2.96. The van der Waals surface area contributed by atoms with Crippen LogP contribution < -0.4 is 10.2 Å². The molecule has 0 bridgehead atoms. The molecule has 1 atom stereocenters. The number of nitrogens with one attached hydrogen (secondary N) is 1. The lowest BCUT2D eigenvalue weighted by atomic mass is 10.0. The highest BCUT2D eigenvalue weighted by Gasteiger charge is 2.18. The van der Waals surface area contributed by atoms with Crippen LogP contribution in [0.4, 0.5) is 5.95 Å². The van der Waals surface area contributed by atoms with Crippen LogP contribution in [0.1, 0.15) is 41.3 Å². The summed E-state index contributed by atoms with van der Waals surface area (Å²) in [6, 6.07) is 8.12. The molecule has 2 aromatic rings. The van der Waals surface area contributed by atoms with Gasteiger partial charge in [-0.15, -0.1) is 0 Å². The first-order valence-electron chi connectivity index (χ1n) is 8.52. The van der Waals surface area contributed by atoms with E-state index < -0.39 is 0 Å². The summed E-state index contributed by atoms with van der Waals surface area (Å²) < 4.78 is 0. The predicted octanol–water partition coefficient (Wildman–Crippen LogP) is 2.95. The molecule has 0 aliphatic carbocycles. The number of carbonyl (C=O) groups is 1. The normalized spacial score (nSPS) is 17.6. The Bertz CT molecular complexity index is 682. The molecule has 1 unspecified atom stereocenters. The number of benzene rings is 1. The Kier molecular flexibility index (Phi) is 5.08. The molecule has 24 heavy (non-hydrogen) atoms. The van der Waals surface area contributed by atoms with E-state index in [0.29, 0.717) is 18.0 Å². The Labute approximate surface area is 143 Å². The van der Waals surface area contributed by atoms with Crippen molar-refractivity contribution in [3.8, 4) is 0 Å². The minimum atomic E-state index is -0.144. The van der Waals surface area contributed by atoms with Gasteiger partial charge in [-0.3, -0.25) is 4.79 Å². The highest BCUT2D eigenvalue weighted by Crippen LogP contribution is 2.19. The number of aromatic nitrogens is 2.